The largest absolute Gasteiger partial charge is 0.299 e. The molecule has 2 heteroatoms. The summed E-state index contributed by atoms with van der Waals surface area (Å²) in [5, 5.41) is 0.685. The van der Waals surface area contributed by atoms with Gasteiger partial charge in [0.05, 0.1) is 0 Å². The van der Waals surface area contributed by atoms with Crippen molar-refractivity contribution >= 4 is 17.4 Å². The maximum absolute atomic E-state index is 11.3. The molecule has 1 aromatic rings. The Labute approximate surface area is 89.1 Å². The summed E-state index contributed by atoms with van der Waals surface area (Å²) in [6.45, 7) is 0. The number of rotatable bonds is 4. The lowest BCUT2D eigenvalue weighted by Crippen LogP contribution is -2.01. The third kappa shape index (κ3) is 3.64. The number of carbonyl (C=O) groups excluding carboxylic acids is 1. The summed E-state index contributed by atoms with van der Waals surface area (Å²) in [5.74, 6) is 2.62. The van der Waals surface area contributed by atoms with Crippen LogP contribution >= 0.6 is 11.6 Å². The predicted molar refractivity (Wildman–Crippen MR) is 58.2 cm³/mol. The lowest BCUT2D eigenvalue weighted by molar-refractivity contribution is -0.118. The molecule has 0 heterocycles. The average molecular weight is 207 g/mol. The minimum Gasteiger partial charge on any atom is -0.299 e. The third-order valence-corrected chi connectivity index (χ3v) is 2.11. The van der Waals surface area contributed by atoms with Crippen molar-refractivity contribution in [2.45, 2.75) is 19.3 Å². The fourth-order valence-corrected chi connectivity index (χ4v) is 1.26. The number of benzene rings is 1. The SMILES string of the molecule is C#CCCC(=O)Cc1ccc(Cl)cc1. The molecule has 0 atom stereocenters. The monoisotopic (exact) mass is 206 g/mol. The van der Waals surface area contributed by atoms with Gasteiger partial charge in [-0.1, -0.05) is 23.7 Å². The van der Waals surface area contributed by atoms with E-state index >= 15 is 0 Å². The molecule has 0 aliphatic carbocycles. The van der Waals surface area contributed by atoms with Gasteiger partial charge in [0.1, 0.15) is 5.78 Å². The average Bonchev–Trinajstić information content (AvgIpc) is 2.18. The van der Waals surface area contributed by atoms with Crippen LogP contribution in [-0.2, 0) is 11.2 Å². The van der Waals surface area contributed by atoms with E-state index in [0.717, 1.165) is 5.56 Å². The molecule has 0 N–H and O–H groups in total. The molecular weight excluding hydrogens is 196 g/mol. The van der Waals surface area contributed by atoms with Crippen LogP contribution in [0.4, 0.5) is 0 Å². The number of halogens is 1. The number of hydrogen-bond acceptors (Lipinski definition) is 1. The van der Waals surface area contributed by atoms with Crippen LogP contribution in [0.3, 0.4) is 0 Å². The normalized spacial score (nSPS) is 9.43. The Hall–Kier alpha value is -1.26. The molecule has 0 aromatic heterocycles. The third-order valence-electron chi connectivity index (χ3n) is 1.86. The zero-order valence-electron chi connectivity index (χ0n) is 7.79. The van der Waals surface area contributed by atoms with Gasteiger partial charge in [-0.3, -0.25) is 4.79 Å². The summed E-state index contributed by atoms with van der Waals surface area (Å²) in [6.07, 6.45) is 6.49. The van der Waals surface area contributed by atoms with Crippen LogP contribution in [-0.4, -0.2) is 5.78 Å². The highest BCUT2D eigenvalue weighted by Gasteiger charge is 2.02. The van der Waals surface area contributed by atoms with E-state index in [2.05, 4.69) is 5.92 Å². The summed E-state index contributed by atoms with van der Waals surface area (Å²) in [7, 11) is 0. The molecule has 0 amide bonds. The Kier molecular flexibility index (Phi) is 4.22. The summed E-state index contributed by atoms with van der Waals surface area (Å²) in [6, 6.07) is 7.28. The van der Waals surface area contributed by atoms with Gasteiger partial charge in [-0.25, -0.2) is 0 Å². The number of carbonyl (C=O) groups is 1. The standard InChI is InChI=1S/C12H11ClO/c1-2-3-4-12(14)9-10-5-7-11(13)8-6-10/h1,5-8H,3-4,9H2. The van der Waals surface area contributed by atoms with E-state index in [4.69, 9.17) is 18.0 Å². The molecule has 1 nitrogen and oxygen atoms in total. The van der Waals surface area contributed by atoms with Crippen molar-refractivity contribution in [3.8, 4) is 12.3 Å². The van der Waals surface area contributed by atoms with Crippen molar-refractivity contribution in [1.29, 1.82) is 0 Å². The van der Waals surface area contributed by atoms with E-state index in [-0.39, 0.29) is 5.78 Å². The van der Waals surface area contributed by atoms with Gasteiger partial charge < -0.3 is 0 Å². The highest BCUT2D eigenvalue weighted by atomic mass is 35.5. The van der Waals surface area contributed by atoms with E-state index in [0.29, 0.717) is 24.3 Å². The maximum atomic E-state index is 11.3. The molecule has 1 aromatic carbocycles. The van der Waals surface area contributed by atoms with Gasteiger partial charge in [-0.2, -0.15) is 0 Å². The van der Waals surface area contributed by atoms with Crippen molar-refractivity contribution in [2.75, 3.05) is 0 Å². The quantitative estimate of drug-likeness (QED) is 0.693. The van der Waals surface area contributed by atoms with Gasteiger partial charge in [0.2, 0.25) is 0 Å². The number of hydrogen-bond donors (Lipinski definition) is 0. The molecule has 14 heavy (non-hydrogen) atoms. The lowest BCUT2D eigenvalue weighted by atomic mass is 10.1. The van der Waals surface area contributed by atoms with Crippen molar-refractivity contribution in [3.05, 3.63) is 34.9 Å². The predicted octanol–water partition coefficient (Wildman–Crippen LogP) is 2.87. The van der Waals surface area contributed by atoms with Crippen LogP contribution in [0.5, 0.6) is 0 Å². The summed E-state index contributed by atoms with van der Waals surface area (Å²) < 4.78 is 0. The molecule has 0 radical (unpaired) electrons. The first-order valence-corrected chi connectivity index (χ1v) is 4.80. The fourth-order valence-electron chi connectivity index (χ4n) is 1.13. The zero-order valence-corrected chi connectivity index (χ0v) is 8.55. The maximum Gasteiger partial charge on any atom is 0.138 e. The van der Waals surface area contributed by atoms with E-state index < -0.39 is 0 Å². The molecule has 0 bridgehead atoms. The molecule has 1 rings (SSSR count). The first-order valence-electron chi connectivity index (χ1n) is 4.42. The van der Waals surface area contributed by atoms with Gasteiger partial charge in [0.25, 0.3) is 0 Å². The molecule has 0 saturated heterocycles. The van der Waals surface area contributed by atoms with Gasteiger partial charge in [0.15, 0.2) is 0 Å². The first kappa shape index (κ1) is 10.8. The molecular formula is C12H11ClO. The van der Waals surface area contributed by atoms with Crippen molar-refractivity contribution in [2.24, 2.45) is 0 Å². The first-order chi connectivity index (χ1) is 6.72. The van der Waals surface area contributed by atoms with Crippen LogP contribution in [0, 0.1) is 12.3 Å². The number of Topliss-reactive ketones (excluding diaryl/α,β-unsaturated/α-hetero) is 1. The fraction of sp³-hybridized carbons (Fsp3) is 0.250. The highest BCUT2D eigenvalue weighted by molar-refractivity contribution is 6.30. The van der Waals surface area contributed by atoms with Crippen LogP contribution < -0.4 is 0 Å². The second kappa shape index (κ2) is 5.47. The summed E-state index contributed by atoms with van der Waals surface area (Å²) >= 11 is 5.72. The van der Waals surface area contributed by atoms with Crippen molar-refractivity contribution in [3.63, 3.8) is 0 Å². The second-order valence-corrected chi connectivity index (χ2v) is 3.48. The Bertz CT molecular complexity index is 346. The van der Waals surface area contributed by atoms with Gasteiger partial charge >= 0.3 is 0 Å². The number of terminal acetylenes is 1. The molecule has 0 unspecified atom stereocenters. The van der Waals surface area contributed by atoms with Gasteiger partial charge in [-0.05, 0) is 17.7 Å². The summed E-state index contributed by atoms with van der Waals surface area (Å²) in [5.41, 5.74) is 0.983. The van der Waals surface area contributed by atoms with Crippen LogP contribution in [0.25, 0.3) is 0 Å². The minimum atomic E-state index is 0.172. The minimum absolute atomic E-state index is 0.172. The Morgan fingerprint density at radius 1 is 1.36 bits per heavy atom. The van der Waals surface area contributed by atoms with Crippen LogP contribution in [0.2, 0.25) is 5.02 Å². The van der Waals surface area contributed by atoms with Crippen molar-refractivity contribution in [1.82, 2.24) is 0 Å². The molecule has 0 spiro atoms. The molecule has 72 valence electrons. The lowest BCUT2D eigenvalue weighted by Gasteiger charge is -1.99. The van der Waals surface area contributed by atoms with Gasteiger partial charge in [-0.15, -0.1) is 12.3 Å². The molecule has 0 saturated carbocycles. The topological polar surface area (TPSA) is 17.1 Å². The Balaban J connectivity index is 2.49. The Morgan fingerprint density at radius 2 is 2.00 bits per heavy atom. The highest BCUT2D eigenvalue weighted by Crippen LogP contribution is 2.10. The van der Waals surface area contributed by atoms with Crippen LogP contribution in [0.15, 0.2) is 24.3 Å². The smallest absolute Gasteiger partial charge is 0.138 e. The second-order valence-electron chi connectivity index (χ2n) is 3.05. The van der Waals surface area contributed by atoms with E-state index in [1.165, 1.54) is 0 Å². The van der Waals surface area contributed by atoms with E-state index in [1.807, 2.05) is 12.1 Å². The summed E-state index contributed by atoms with van der Waals surface area (Å²) in [4.78, 5) is 11.3. The van der Waals surface area contributed by atoms with E-state index in [1.54, 1.807) is 12.1 Å². The molecule has 0 aliphatic heterocycles. The van der Waals surface area contributed by atoms with E-state index in [9.17, 15) is 4.79 Å². The number of ketones is 1. The molecule has 0 aliphatic rings. The zero-order chi connectivity index (χ0) is 10.4. The Morgan fingerprint density at radius 3 is 2.57 bits per heavy atom. The van der Waals surface area contributed by atoms with Gasteiger partial charge in [0, 0.05) is 24.3 Å². The van der Waals surface area contributed by atoms with Crippen LogP contribution in [0.1, 0.15) is 18.4 Å². The molecule has 0 fully saturated rings. The van der Waals surface area contributed by atoms with Crippen molar-refractivity contribution < 1.29 is 4.79 Å².